The Hall–Kier alpha value is -1.29. The summed E-state index contributed by atoms with van der Waals surface area (Å²) in [6.07, 6.45) is 0. The smallest absolute Gasteiger partial charge is 0.157 e. The van der Waals surface area contributed by atoms with Crippen molar-refractivity contribution >= 4 is 12.4 Å². The summed E-state index contributed by atoms with van der Waals surface area (Å²) in [5.41, 5.74) is 2.99. The summed E-state index contributed by atoms with van der Waals surface area (Å²) < 4.78 is 0. The highest BCUT2D eigenvalue weighted by atomic mass is 35.5. The first-order chi connectivity index (χ1) is 5.29. The van der Waals surface area contributed by atoms with Gasteiger partial charge in [-0.15, -0.1) is 17.8 Å². The number of hydrazine groups is 1. The molecule has 12 heavy (non-hydrogen) atoms. The van der Waals surface area contributed by atoms with Crippen LogP contribution in [-0.4, -0.2) is 5.03 Å². The number of halogens is 1. The van der Waals surface area contributed by atoms with Crippen LogP contribution >= 0.6 is 12.4 Å². The lowest BCUT2D eigenvalue weighted by molar-refractivity contribution is -0.546. The van der Waals surface area contributed by atoms with Gasteiger partial charge in [-0.1, -0.05) is 30.3 Å². The van der Waals surface area contributed by atoms with Crippen molar-refractivity contribution in [3.8, 4) is 0 Å². The third kappa shape index (κ3) is 3.78. The molecule has 1 aromatic rings. The first kappa shape index (κ1) is 10.7. The van der Waals surface area contributed by atoms with Crippen LogP contribution in [0.1, 0.15) is 5.56 Å². The Labute approximate surface area is 76.1 Å². The Kier molecular flexibility index (Phi) is 4.79. The van der Waals surface area contributed by atoms with E-state index in [0.717, 1.165) is 5.56 Å². The molecule has 1 N–H and O–H groups in total. The topological polar surface area (TPSA) is 55.2 Å². The summed E-state index contributed by atoms with van der Waals surface area (Å²) in [5, 5.41) is 9.32. The van der Waals surface area contributed by atoms with Crippen LogP contribution in [0.25, 0.3) is 0 Å². The lowest BCUT2D eigenvalue weighted by atomic mass is 10.2. The van der Waals surface area contributed by atoms with Gasteiger partial charge in [-0.25, -0.2) is 10.1 Å². The summed E-state index contributed by atoms with van der Waals surface area (Å²) in [5.74, 6) is 0. The molecule has 0 aliphatic rings. The molecule has 0 aliphatic heterocycles. The highest BCUT2D eigenvalue weighted by Crippen LogP contribution is 1.96. The third-order valence-corrected chi connectivity index (χ3v) is 1.26. The Morgan fingerprint density at radius 3 is 2.42 bits per heavy atom. The molecule has 0 unspecified atom stereocenters. The van der Waals surface area contributed by atoms with Crippen LogP contribution in [0.5, 0.6) is 0 Å². The number of hydrogen-bond acceptors (Lipinski definition) is 2. The van der Waals surface area contributed by atoms with Crippen molar-refractivity contribution in [3.05, 3.63) is 46.0 Å². The molecular formula is C7H9ClN2O2. The van der Waals surface area contributed by atoms with Crippen molar-refractivity contribution in [2.45, 2.75) is 6.54 Å². The maximum Gasteiger partial charge on any atom is 0.157 e. The molecule has 0 aromatic heterocycles. The number of nitro groups is 1. The predicted molar refractivity (Wildman–Crippen MR) is 47.5 cm³/mol. The second kappa shape index (κ2) is 5.37. The lowest BCUT2D eigenvalue weighted by Crippen LogP contribution is -2.20. The van der Waals surface area contributed by atoms with E-state index in [0.29, 0.717) is 0 Å². The van der Waals surface area contributed by atoms with Crippen LogP contribution in [0.4, 0.5) is 0 Å². The Bertz CT molecular complexity index is 240. The summed E-state index contributed by atoms with van der Waals surface area (Å²) >= 11 is 0. The molecule has 0 amide bonds. The minimum absolute atomic E-state index is 0. The number of benzene rings is 1. The third-order valence-electron chi connectivity index (χ3n) is 1.26. The highest BCUT2D eigenvalue weighted by molar-refractivity contribution is 5.85. The molecule has 0 atom stereocenters. The van der Waals surface area contributed by atoms with E-state index in [4.69, 9.17) is 0 Å². The zero-order valence-corrected chi connectivity index (χ0v) is 7.08. The average molecular weight is 189 g/mol. The van der Waals surface area contributed by atoms with E-state index in [9.17, 15) is 10.1 Å². The fourth-order valence-electron chi connectivity index (χ4n) is 0.752. The van der Waals surface area contributed by atoms with Gasteiger partial charge in [0.1, 0.15) is 6.54 Å². The summed E-state index contributed by atoms with van der Waals surface area (Å²) in [7, 11) is 0. The molecule has 0 aliphatic carbocycles. The quantitative estimate of drug-likeness (QED) is 0.576. The molecular weight excluding hydrogens is 180 g/mol. The summed E-state index contributed by atoms with van der Waals surface area (Å²) in [6.45, 7) is 0.272. The van der Waals surface area contributed by atoms with Gasteiger partial charge in [0.15, 0.2) is 5.03 Å². The normalized spacial score (nSPS) is 8.33. The van der Waals surface area contributed by atoms with Crippen molar-refractivity contribution in [1.29, 1.82) is 0 Å². The van der Waals surface area contributed by atoms with E-state index in [1.807, 2.05) is 30.3 Å². The largest absolute Gasteiger partial charge is 0.235 e. The number of nitrogens with zero attached hydrogens (tertiary/aromatic N) is 1. The van der Waals surface area contributed by atoms with E-state index in [1.54, 1.807) is 0 Å². The number of nitrogens with one attached hydrogen (secondary N) is 1. The van der Waals surface area contributed by atoms with Crippen LogP contribution < -0.4 is 5.43 Å². The minimum atomic E-state index is -0.549. The number of hydrogen-bond donors (Lipinski definition) is 1. The predicted octanol–water partition coefficient (Wildman–Crippen LogP) is 1.39. The molecule has 0 heterocycles. The van der Waals surface area contributed by atoms with Crippen molar-refractivity contribution in [3.63, 3.8) is 0 Å². The lowest BCUT2D eigenvalue weighted by Gasteiger charge is -1.95. The molecule has 0 saturated heterocycles. The fraction of sp³-hybridized carbons (Fsp3) is 0.143. The highest BCUT2D eigenvalue weighted by Gasteiger charge is 1.94. The van der Waals surface area contributed by atoms with Crippen LogP contribution in [-0.2, 0) is 6.54 Å². The SMILES string of the molecule is Cl.O=[N+]([O-])NCc1ccccc1. The molecule has 0 spiro atoms. The molecule has 5 heteroatoms. The van der Waals surface area contributed by atoms with Crippen LogP contribution in [0.2, 0.25) is 0 Å². The van der Waals surface area contributed by atoms with Gasteiger partial charge >= 0.3 is 0 Å². The maximum atomic E-state index is 9.87. The average Bonchev–Trinajstić information content (AvgIpc) is 2.03. The van der Waals surface area contributed by atoms with E-state index >= 15 is 0 Å². The molecule has 0 radical (unpaired) electrons. The van der Waals surface area contributed by atoms with Crippen molar-refractivity contribution in [1.82, 2.24) is 5.43 Å². The van der Waals surface area contributed by atoms with E-state index < -0.39 is 5.03 Å². The molecule has 1 rings (SSSR count). The Balaban J connectivity index is 0.00000121. The number of rotatable bonds is 3. The zero-order chi connectivity index (χ0) is 8.10. The molecule has 1 aromatic carbocycles. The molecule has 4 nitrogen and oxygen atoms in total. The molecule has 0 bridgehead atoms. The molecule has 66 valence electrons. The standard InChI is InChI=1S/C7H8N2O2.ClH/c10-9(11)8-6-7-4-2-1-3-5-7;/h1-5,8H,6H2;1H. The van der Waals surface area contributed by atoms with Crippen molar-refractivity contribution in [2.75, 3.05) is 0 Å². The van der Waals surface area contributed by atoms with E-state index in [2.05, 4.69) is 5.43 Å². The van der Waals surface area contributed by atoms with Gasteiger partial charge < -0.3 is 0 Å². The monoisotopic (exact) mass is 188 g/mol. The first-order valence-electron chi connectivity index (χ1n) is 3.21. The molecule has 0 fully saturated rings. The van der Waals surface area contributed by atoms with Crippen LogP contribution in [0.15, 0.2) is 30.3 Å². The van der Waals surface area contributed by atoms with E-state index in [1.165, 1.54) is 0 Å². The summed E-state index contributed by atoms with van der Waals surface area (Å²) in [4.78, 5) is 9.87. The Morgan fingerprint density at radius 2 is 1.92 bits per heavy atom. The molecule has 0 saturated carbocycles. The second-order valence-electron chi connectivity index (χ2n) is 2.08. The minimum Gasteiger partial charge on any atom is -0.235 e. The second-order valence-corrected chi connectivity index (χ2v) is 2.08. The van der Waals surface area contributed by atoms with Gasteiger partial charge in [0.25, 0.3) is 0 Å². The van der Waals surface area contributed by atoms with Gasteiger partial charge in [0, 0.05) is 0 Å². The Morgan fingerprint density at radius 1 is 1.33 bits per heavy atom. The van der Waals surface area contributed by atoms with Gasteiger partial charge in [0.05, 0.1) is 0 Å². The zero-order valence-electron chi connectivity index (χ0n) is 6.27. The van der Waals surface area contributed by atoms with Crippen molar-refractivity contribution < 1.29 is 5.03 Å². The van der Waals surface area contributed by atoms with Crippen molar-refractivity contribution in [2.24, 2.45) is 0 Å². The van der Waals surface area contributed by atoms with Gasteiger partial charge in [-0.3, -0.25) is 0 Å². The van der Waals surface area contributed by atoms with Crippen LogP contribution in [0, 0.1) is 10.1 Å². The summed E-state index contributed by atoms with van der Waals surface area (Å²) in [6, 6.07) is 9.22. The van der Waals surface area contributed by atoms with Gasteiger partial charge in [0.2, 0.25) is 0 Å². The first-order valence-corrected chi connectivity index (χ1v) is 3.21. The van der Waals surface area contributed by atoms with Gasteiger partial charge in [-0.05, 0) is 5.56 Å². The fourth-order valence-corrected chi connectivity index (χ4v) is 0.752. The maximum absolute atomic E-state index is 9.87. The van der Waals surface area contributed by atoms with Crippen LogP contribution in [0.3, 0.4) is 0 Å². The van der Waals surface area contributed by atoms with Gasteiger partial charge in [-0.2, -0.15) is 0 Å². The van der Waals surface area contributed by atoms with E-state index in [-0.39, 0.29) is 19.0 Å².